The highest BCUT2D eigenvalue weighted by atomic mass is 16.8. The molecule has 0 aromatic carbocycles. The van der Waals surface area contributed by atoms with E-state index in [2.05, 4.69) is 21.3 Å². The summed E-state index contributed by atoms with van der Waals surface area (Å²) in [6.45, 7) is -0.558. The molecule has 514 valence electrons. The Balaban J connectivity index is 1.14. The third kappa shape index (κ3) is 16.4. The summed E-state index contributed by atoms with van der Waals surface area (Å²) in [5.74, 6) is -3.27. The van der Waals surface area contributed by atoms with Crippen LogP contribution < -0.4 is 21.3 Å². The number of aliphatic hydroxyl groups is 18. The van der Waals surface area contributed by atoms with Gasteiger partial charge in [-0.1, -0.05) is 0 Å². The first-order chi connectivity index (χ1) is 42.0. The molecule has 0 aromatic heterocycles. The van der Waals surface area contributed by atoms with Gasteiger partial charge < -0.3 is 175 Å². The van der Waals surface area contributed by atoms with Gasteiger partial charge in [-0.15, -0.1) is 0 Å². The molecule has 7 fully saturated rings. The lowest BCUT2D eigenvalue weighted by Crippen LogP contribution is -2.70. The first kappa shape index (κ1) is 73.1. The maximum absolute atomic E-state index is 12.9. The Hall–Kier alpha value is -3.36. The lowest BCUT2D eigenvalue weighted by molar-refractivity contribution is -0.399. The Labute approximate surface area is 505 Å². The predicted octanol–water partition coefficient (Wildman–Crippen LogP) is -14.7. The van der Waals surface area contributed by atoms with E-state index in [0.717, 1.165) is 27.7 Å². The van der Waals surface area contributed by atoms with Crippen LogP contribution in [0, 0.1) is 0 Å². The van der Waals surface area contributed by atoms with Crippen LogP contribution in [0.1, 0.15) is 34.6 Å². The Morgan fingerprint density at radius 2 is 0.685 bits per heavy atom. The van der Waals surface area contributed by atoms with Crippen LogP contribution in [0.3, 0.4) is 0 Å². The van der Waals surface area contributed by atoms with Crippen molar-refractivity contribution in [1.29, 1.82) is 0 Å². The predicted molar refractivity (Wildman–Crippen MR) is 277 cm³/mol. The van der Waals surface area contributed by atoms with E-state index in [1.165, 1.54) is 6.92 Å². The fourth-order valence-electron chi connectivity index (χ4n) is 11.4. The third-order valence-electron chi connectivity index (χ3n) is 16.1. The number of carbonyl (C=O) groups is 4. The van der Waals surface area contributed by atoms with E-state index in [4.69, 9.17) is 61.6 Å². The molecule has 7 aliphatic rings. The summed E-state index contributed by atoms with van der Waals surface area (Å²) in [5.41, 5.74) is 0. The van der Waals surface area contributed by atoms with Gasteiger partial charge in [0.1, 0.15) is 165 Å². The molecular formula is C50H84N4O35. The second kappa shape index (κ2) is 31.7. The summed E-state index contributed by atoms with van der Waals surface area (Å²) < 4.78 is 76.7. The summed E-state index contributed by atoms with van der Waals surface area (Å²) in [7, 11) is 0. The molecule has 0 bridgehead atoms. The molecule has 39 heteroatoms. The number of rotatable bonds is 22. The molecule has 0 aromatic rings. The van der Waals surface area contributed by atoms with Crippen molar-refractivity contribution in [3.8, 4) is 0 Å². The minimum absolute atomic E-state index is 0.764. The van der Waals surface area contributed by atoms with Gasteiger partial charge >= 0.3 is 0 Å². The average Bonchev–Trinajstić information content (AvgIpc) is 0.838. The largest absolute Gasteiger partial charge is 0.394 e. The van der Waals surface area contributed by atoms with Crippen LogP contribution in [0.15, 0.2) is 0 Å². The molecular weight excluding hydrogens is 1220 g/mol. The summed E-state index contributed by atoms with van der Waals surface area (Å²) in [4.78, 5) is 49.9. The van der Waals surface area contributed by atoms with Gasteiger partial charge in [0.2, 0.25) is 23.6 Å². The smallest absolute Gasteiger partial charge is 0.217 e. The highest BCUT2D eigenvalue weighted by Gasteiger charge is 2.59. The highest BCUT2D eigenvalue weighted by Crippen LogP contribution is 2.38. The molecule has 0 spiro atoms. The maximum Gasteiger partial charge on any atom is 0.217 e. The summed E-state index contributed by atoms with van der Waals surface area (Å²) in [5, 5.41) is 207. The second-order valence-electron chi connectivity index (χ2n) is 22.5. The minimum atomic E-state index is -2.19. The van der Waals surface area contributed by atoms with Gasteiger partial charge in [-0.05, 0) is 6.92 Å². The maximum atomic E-state index is 12.9. The van der Waals surface area contributed by atoms with Gasteiger partial charge in [0.15, 0.2) is 44.0 Å². The topological polar surface area (TPSA) is 601 Å². The molecule has 35 atom stereocenters. The number of carbonyl (C=O) groups excluding carboxylic acids is 4. The lowest BCUT2D eigenvalue weighted by atomic mass is 9.94. The van der Waals surface area contributed by atoms with E-state index < -0.39 is 278 Å². The summed E-state index contributed by atoms with van der Waals surface area (Å²) in [6.07, 6.45) is -59.0. The molecule has 7 rings (SSSR count). The Morgan fingerprint density at radius 1 is 0.315 bits per heavy atom. The van der Waals surface area contributed by atoms with Gasteiger partial charge in [-0.25, -0.2) is 0 Å². The van der Waals surface area contributed by atoms with Gasteiger partial charge in [0, 0.05) is 27.7 Å². The number of nitrogens with one attached hydrogen (secondary N) is 4. The molecule has 7 saturated heterocycles. The first-order valence-electron chi connectivity index (χ1n) is 28.5. The van der Waals surface area contributed by atoms with Crippen molar-refractivity contribution in [2.45, 2.75) is 249 Å². The van der Waals surface area contributed by atoms with Gasteiger partial charge in [0.05, 0.1) is 45.7 Å². The molecule has 7 heterocycles. The SMILES string of the molecule is CC(=O)N[C@H]1[C@H](OC[C@H]2OC(O)[C@H](NC(C)=O)[C@@H](O[C@@H]3O[C@H](CO)[C@H](O)[C@H](O[C@@H]4O[C@H](CO)[C@@H](O)[C@H](O)[C@H]4NC(C)=O)[C@H]3O)[C@H]2O)O[C@H](CO)[C@@H](O[C@@H]2O[C@H](CO)[C@H](O)[C@H](O[C@H]3O[C@H](CO)[C@H](O)[C@H](O)[C@H]3NC(C)=O)[C@H]2O[C@@H]2O[C@@H](C)[C@@H](O)[C@@H](O)[C@@H]2O)[C@@H]1O. The van der Waals surface area contributed by atoms with Crippen molar-refractivity contribution in [1.82, 2.24) is 21.3 Å². The van der Waals surface area contributed by atoms with Crippen molar-refractivity contribution in [2.75, 3.05) is 39.6 Å². The number of amides is 4. The highest BCUT2D eigenvalue weighted by molar-refractivity contribution is 5.74. The molecule has 0 aliphatic carbocycles. The molecule has 1 unspecified atom stereocenters. The van der Waals surface area contributed by atoms with E-state index in [0.29, 0.717) is 0 Å². The molecule has 22 N–H and O–H groups in total. The van der Waals surface area contributed by atoms with E-state index >= 15 is 0 Å². The van der Waals surface area contributed by atoms with Gasteiger partial charge in [0.25, 0.3) is 0 Å². The van der Waals surface area contributed by atoms with Crippen LogP contribution >= 0.6 is 0 Å². The summed E-state index contributed by atoms with van der Waals surface area (Å²) >= 11 is 0. The van der Waals surface area contributed by atoms with Crippen LogP contribution in [0.2, 0.25) is 0 Å². The van der Waals surface area contributed by atoms with Crippen LogP contribution in [-0.2, 0) is 80.8 Å². The van der Waals surface area contributed by atoms with E-state index in [-0.39, 0.29) is 0 Å². The standard InChI is InChI=1S/C50H84N4O35/c1-12-27(64)36(73)37(74)48(78-12)89-43-42(88-47-24(52-14(3)61)34(71)29(66)18(7-56)81-47)31(68)20(9-58)83-50(43)85-39-21(10-59)84-45(25(35(39)72)53-15(4)62)77-11-22-32(69)40(26(44(76)79-22)54-16(5)63)86-49-38(75)41(30(67)19(8-57)82-49)87-46-23(51-13(2)60)33(70)28(65)17(6-55)80-46/h12,17-50,55-59,64-76H,6-11H2,1-5H3,(H,51,60)(H,52,61)(H,53,62)(H,54,63)/t12-,17+,18+,19+,20+,21+,22+,23+,24+,25+,26+,27+,28+,29-,30-,31-,32-,33+,34+,35+,36+,37-,38+,39+,40+,41-,42-,43+,44?,45+,46-,47+,48-,49-,50-/m0/s1. The number of hydrogen-bond acceptors (Lipinski definition) is 35. The van der Waals surface area contributed by atoms with Crippen molar-refractivity contribution in [3.63, 3.8) is 0 Å². The van der Waals surface area contributed by atoms with Crippen molar-refractivity contribution in [3.05, 3.63) is 0 Å². The number of aliphatic hydroxyl groups excluding tert-OH is 18. The molecule has 39 nitrogen and oxygen atoms in total. The van der Waals surface area contributed by atoms with E-state index in [9.17, 15) is 111 Å². The van der Waals surface area contributed by atoms with Crippen molar-refractivity contribution < 1.29 is 173 Å². The zero-order valence-corrected chi connectivity index (χ0v) is 48.4. The third-order valence-corrected chi connectivity index (χ3v) is 16.1. The fourth-order valence-corrected chi connectivity index (χ4v) is 11.4. The van der Waals surface area contributed by atoms with Crippen molar-refractivity contribution in [2.24, 2.45) is 0 Å². The Morgan fingerprint density at radius 3 is 1.18 bits per heavy atom. The Bertz CT molecular complexity index is 2290. The van der Waals surface area contributed by atoms with Crippen LogP contribution in [-0.4, -0.2) is 370 Å². The van der Waals surface area contributed by atoms with Crippen LogP contribution in [0.25, 0.3) is 0 Å². The molecule has 4 amide bonds. The molecule has 7 aliphatic heterocycles. The molecule has 0 saturated carbocycles. The minimum Gasteiger partial charge on any atom is -0.394 e. The molecule has 0 radical (unpaired) electrons. The fraction of sp³-hybridized carbons (Fsp3) is 0.920. The summed E-state index contributed by atoms with van der Waals surface area (Å²) in [6, 6.07) is -6.83. The number of ether oxygens (including phenoxy) is 13. The average molecular weight is 1300 g/mol. The quantitative estimate of drug-likeness (QED) is 0.0479. The van der Waals surface area contributed by atoms with Gasteiger partial charge in [-0.2, -0.15) is 0 Å². The lowest BCUT2D eigenvalue weighted by Gasteiger charge is -2.51. The molecule has 89 heavy (non-hydrogen) atoms. The zero-order valence-electron chi connectivity index (χ0n) is 48.4. The van der Waals surface area contributed by atoms with Crippen LogP contribution in [0.4, 0.5) is 0 Å². The number of hydrogen-bond donors (Lipinski definition) is 22. The second-order valence-corrected chi connectivity index (χ2v) is 22.5. The Kier molecular flexibility index (Phi) is 26.0. The normalized spacial score (nSPS) is 48.0. The van der Waals surface area contributed by atoms with E-state index in [1.807, 2.05) is 0 Å². The first-order valence-corrected chi connectivity index (χ1v) is 28.5. The van der Waals surface area contributed by atoms with Crippen LogP contribution in [0.5, 0.6) is 0 Å². The monoisotopic (exact) mass is 1300 g/mol. The van der Waals surface area contributed by atoms with Gasteiger partial charge in [-0.3, -0.25) is 19.2 Å². The van der Waals surface area contributed by atoms with E-state index in [1.54, 1.807) is 0 Å². The zero-order chi connectivity index (χ0) is 65.8. The van der Waals surface area contributed by atoms with Crippen molar-refractivity contribution >= 4 is 23.6 Å².